The lowest BCUT2D eigenvalue weighted by molar-refractivity contribution is 0.212. The molecule has 0 spiro atoms. The van der Waals surface area contributed by atoms with Crippen molar-refractivity contribution in [1.82, 2.24) is 0 Å². The Morgan fingerprint density at radius 1 is 1.73 bits per heavy atom. The Kier molecular flexibility index (Phi) is 4.14. The van der Waals surface area contributed by atoms with Crippen molar-refractivity contribution in [3.63, 3.8) is 0 Å². The SMILES string of the molecule is C=COCC(C)CS(=O)(=O)O. The third kappa shape index (κ3) is 7.35. The second-order valence-corrected chi connectivity index (χ2v) is 3.85. The van der Waals surface area contributed by atoms with Gasteiger partial charge in [0.05, 0.1) is 18.6 Å². The maximum Gasteiger partial charge on any atom is 0.265 e. The Balaban J connectivity index is 3.69. The second kappa shape index (κ2) is 4.35. The van der Waals surface area contributed by atoms with E-state index in [4.69, 9.17) is 9.29 Å². The van der Waals surface area contributed by atoms with Gasteiger partial charge in [0.15, 0.2) is 0 Å². The van der Waals surface area contributed by atoms with Crippen LogP contribution >= 0.6 is 0 Å². The summed E-state index contributed by atoms with van der Waals surface area (Å²) in [5, 5.41) is 0. The van der Waals surface area contributed by atoms with Gasteiger partial charge in [0.1, 0.15) is 0 Å². The van der Waals surface area contributed by atoms with Crippen LogP contribution in [0.3, 0.4) is 0 Å². The highest BCUT2D eigenvalue weighted by Gasteiger charge is 2.11. The molecule has 0 aliphatic rings. The van der Waals surface area contributed by atoms with E-state index < -0.39 is 10.1 Å². The van der Waals surface area contributed by atoms with Gasteiger partial charge in [0, 0.05) is 5.92 Å². The van der Waals surface area contributed by atoms with Crippen LogP contribution in [-0.4, -0.2) is 25.3 Å². The van der Waals surface area contributed by atoms with Crippen molar-refractivity contribution in [3.8, 4) is 0 Å². The molecule has 0 saturated carbocycles. The summed E-state index contributed by atoms with van der Waals surface area (Å²) < 4.78 is 33.7. The molecule has 0 aromatic carbocycles. The minimum absolute atomic E-state index is 0.219. The molecule has 1 unspecified atom stereocenters. The van der Waals surface area contributed by atoms with Crippen LogP contribution < -0.4 is 0 Å². The van der Waals surface area contributed by atoms with E-state index in [2.05, 4.69) is 6.58 Å². The topological polar surface area (TPSA) is 63.6 Å². The first-order chi connectivity index (χ1) is 4.95. The van der Waals surface area contributed by atoms with E-state index in [0.717, 1.165) is 0 Å². The molecule has 0 aliphatic heterocycles. The molecule has 4 nitrogen and oxygen atoms in total. The van der Waals surface area contributed by atoms with Crippen LogP contribution in [0, 0.1) is 5.92 Å². The summed E-state index contributed by atoms with van der Waals surface area (Å²) in [7, 11) is -3.87. The van der Waals surface area contributed by atoms with Crippen molar-refractivity contribution in [2.75, 3.05) is 12.4 Å². The molecule has 0 fully saturated rings. The molecule has 0 saturated heterocycles. The molecule has 0 heterocycles. The summed E-state index contributed by atoms with van der Waals surface area (Å²) in [4.78, 5) is 0. The molecule has 1 N–H and O–H groups in total. The molecule has 0 aromatic heterocycles. The van der Waals surface area contributed by atoms with Gasteiger partial charge in [0.25, 0.3) is 10.1 Å². The van der Waals surface area contributed by atoms with E-state index in [9.17, 15) is 8.42 Å². The van der Waals surface area contributed by atoms with Gasteiger partial charge < -0.3 is 4.74 Å². The van der Waals surface area contributed by atoms with E-state index in [1.165, 1.54) is 6.26 Å². The smallest absolute Gasteiger partial charge is 0.265 e. The number of hydrogen-bond donors (Lipinski definition) is 1. The summed E-state index contributed by atoms with van der Waals surface area (Å²) in [6.45, 7) is 5.21. The maximum absolute atomic E-state index is 10.3. The fourth-order valence-electron chi connectivity index (χ4n) is 0.640. The minimum atomic E-state index is -3.87. The van der Waals surface area contributed by atoms with Gasteiger partial charge in [-0.05, 0) is 0 Å². The molecular weight excluding hydrogens is 168 g/mol. The third-order valence-corrected chi connectivity index (χ3v) is 1.98. The van der Waals surface area contributed by atoms with Crippen LogP contribution in [-0.2, 0) is 14.9 Å². The molecule has 11 heavy (non-hydrogen) atoms. The van der Waals surface area contributed by atoms with Crippen molar-refractivity contribution in [2.45, 2.75) is 6.92 Å². The first-order valence-corrected chi connectivity index (χ1v) is 4.74. The molecule has 5 heteroatoms. The molecule has 0 aliphatic carbocycles. The summed E-state index contributed by atoms with van der Waals surface area (Å²) in [5.41, 5.74) is 0. The normalized spacial score (nSPS) is 14.0. The monoisotopic (exact) mass is 180 g/mol. The van der Waals surface area contributed by atoms with Crippen molar-refractivity contribution in [1.29, 1.82) is 0 Å². The highest BCUT2D eigenvalue weighted by Crippen LogP contribution is 1.99. The summed E-state index contributed by atoms with van der Waals surface area (Å²) in [6, 6.07) is 0. The van der Waals surface area contributed by atoms with Crippen molar-refractivity contribution in [2.24, 2.45) is 5.92 Å². The number of rotatable bonds is 5. The quantitative estimate of drug-likeness (QED) is 0.499. The van der Waals surface area contributed by atoms with Crippen molar-refractivity contribution < 1.29 is 17.7 Å². The highest BCUT2D eigenvalue weighted by atomic mass is 32.2. The minimum Gasteiger partial charge on any atom is -0.502 e. The molecule has 0 aromatic rings. The largest absolute Gasteiger partial charge is 0.502 e. The molecule has 1 atom stereocenters. The van der Waals surface area contributed by atoms with E-state index in [1.807, 2.05) is 0 Å². The van der Waals surface area contributed by atoms with Crippen LogP contribution in [0.2, 0.25) is 0 Å². The van der Waals surface area contributed by atoms with Gasteiger partial charge in [-0.15, -0.1) is 0 Å². The number of ether oxygens (including phenoxy) is 1. The summed E-state index contributed by atoms with van der Waals surface area (Å²) in [5.74, 6) is -0.496. The molecule has 66 valence electrons. The first kappa shape index (κ1) is 10.4. The zero-order valence-electron chi connectivity index (χ0n) is 6.36. The third-order valence-electron chi connectivity index (χ3n) is 0.994. The van der Waals surface area contributed by atoms with E-state index in [1.54, 1.807) is 6.92 Å². The Morgan fingerprint density at radius 2 is 2.27 bits per heavy atom. The van der Waals surface area contributed by atoms with Gasteiger partial charge in [0.2, 0.25) is 0 Å². The number of hydrogen-bond acceptors (Lipinski definition) is 3. The first-order valence-electron chi connectivity index (χ1n) is 3.13. The zero-order chi connectivity index (χ0) is 8.91. The average Bonchev–Trinajstić information content (AvgIpc) is 1.79. The Labute approximate surface area is 66.6 Å². The standard InChI is InChI=1S/C6H12O4S/c1-3-10-4-6(2)5-11(7,8)9/h3,6H,1,4-5H2,2H3,(H,7,8,9). The second-order valence-electron chi connectivity index (χ2n) is 2.35. The maximum atomic E-state index is 10.3. The molecule has 0 bridgehead atoms. The van der Waals surface area contributed by atoms with Crippen molar-refractivity contribution >= 4 is 10.1 Å². The predicted molar refractivity (Wildman–Crippen MR) is 41.7 cm³/mol. The van der Waals surface area contributed by atoms with Crippen LogP contribution in [0.5, 0.6) is 0 Å². The fourth-order valence-corrected chi connectivity index (χ4v) is 1.46. The van der Waals surface area contributed by atoms with Crippen LogP contribution in [0.15, 0.2) is 12.8 Å². The van der Waals surface area contributed by atoms with Crippen LogP contribution in [0.25, 0.3) is 0 Å². The molecular formula is C6H12O4S. The van der Waals surface area contributed by atoms with Gasteiger partial charge in [-0.3, -0.25) is 4.55 Å². The van der Waals surface area contributed by atoms with Crippen LogP contribution in [0.4, 0.5) is 0 Å². The lowest BCUT2D eigenvalue weighted by atomic mass is 10.2. The van der Waals surface area contributed by atoms with Crippen LogP contribution in [0.1, 0.15) is 6.92 Å². The van der Waals surface area contributed by atoms with Gasteiger partial charge in [-0.1, -0.05) is 13.5 Å². The van der Waals surface area contributed by atoms with E-state index in [0.29, 0.717) is 0 Å². The summed E-state index contributed by atoms with van der Waals surface area (Å²) in [6.07, 6.45) is 1.24. The Morgan fingerprint density at radius 3 is 2.64 bits per heavy atom. The highest BCUT2D eigenvalue weighted by molar-refractivity contribution is 7.85. The zero-order valence-corrected chi connectivity index (χ0v) is 7.17. The lowest BCUT2D eigenvalue weighted by Gasteiger charge is -2.07. The van der Waals surface area contributed by atoms with Gasteiger partial charge in [-0.25, -0.2) is 0 Å². The Bertz CT molecular complexity index is 207. The average molecular weight is 180 g/mol. The Hall–Kier alpha value is -0.550. The molecule has 0 radical (unpaired) electrons. The van der Waals surface area contributed by atoms with Crippen molar-refractivity contribution in [3.05, 3.63) is 12.8 Å². The molecule has 0 rings (SSSR count). The van der Waals surface area contributed by atoms with Gasteiger partial charge >= 0.3 is 0 Å². The van der Waals surface area contributed by atoms with E-state index in [-0.39, 0.29) is 18.3 Å². The van der Waals surface area contributed by atoms with Gasteiger partial charge in [-0.2, -0.15) is 8.42 Å². The summed E-state index contributed by atoms with van der Waals surface area (Å²) >= 11 is 0. The van der Waals surface area contributed by atoms with E-state index >= 15 is 0 Å². The fraction of sp³-hybridized carbons (Fsp3) is 0.667. The molecule has 0 amide bonds. The predicted octanol–water partition coefficient (Wildman–Crippen LogP) is 0.670. The lowest BCUT2D eigenvalue weighted by Crippen LogP contribution is -2.16.